The fourth-order valence-corrected chi connectivity index (χ4v) is 3.03. The number of rotatable bonds is 3. The van der Waals surface area contributed by atoms with Gasteiger partial charge < -0.3 is 0 Å². The zero-order valence-corrected chi connectivity index (χ0v) is 11.4. The Morgan fingerprint density at radius 3 is 2.41 bits per heavy atom. The van der Waals surface area contributed by atoms with Crippen LogP contribution in [0.25, 0.3) is 10.6 Å². The number of halogens is 1. The van der Waals surface area contributed by atoms with Gasteiger partial charge >= 0.3 is 0 Å². The highest BCUT2D eigenvalue weighted by atomic mass is 35.5. The molecular formula is C11H10ClNO2S2. The maximum atomic E-state index is 11.3. The summed E-state index contributed by atoms with van der Waals surface area (Å²) >= 11 is 7.17. The highest BCUT2D eigenvalue weighted by molar-refractivity contribution is 7.90. The predicted octanol–water partition coefficient (Wildman–Crippen LogP) is 2.95. The van der Waals surface area contributed by atoms with E-state index in [4.69, 9.17) is 11.6 Å². The van der Waals surface area contributed by atoms with Crippen molar-refractivity contribution in [3.8, 4) is 10.6 Å². The van der Waals surface area contributed by atoms with Crippen molar-refractivity contribution in [2.24, 2.45) is 0 Å². The SMILES string of the molecule is CS(=O)(=O)c1ccc(-c2nc(CCl)cs2)cc1. The monoisotopic (exact) mass is 287 g/mol. The van der Waals surface area contributed by atoms with Gasteiger partial charge in [0, 0.05) is 17.2 Å². The number of benzene rings is 1. The van der Waals surface area contributed by atoms with Crippen LogP contribution in [0, 0.1) is 0 Å². The van der Waals surface area contributed by atoms with E-state index in [0.717, 1.165) is 16.3 Å². The minimum Gasteiger partial charge on any atom is -0.240 e. The molecule has 1 aromatic carbocycles. The van der Waals surface area contributed by atoms with Crippen molar-refractivity contribution in [3.63, 3.8) is 0 Å². The summed E-state index contributed by atoms with van der Waals surface area (Å²) in [6.07, 6.45) is 1.19. The standard InChI is InChI=1S/C11H10ClNO2S2/c1-17(14,15)10-4-2-8(3-5-10)11-13-9(6-12)7-16-11/h2-5,7H,6H2,1H3. The number of alkyl halides is 1. The minimum absolute atomic E-state index is 0.315. The van der Waals surface area contributed by atoms with Gasteiger partial charge in [-0.05, 0) is 12.1 Å². The molecule has 0 aliphatic heterocycles. The number of thiazole rings is 1. The summed E-state index contributed by atoms with van der Waals surface area (Å²) < 4.78 is 22.6. The molecule has 17 heavy (non-hydrogen) atoms. The first-order valence-corrected chi connectivity index (χ1v) is 8.12. The van der Waals surface area contributed by atoms with Crippen LogP contribution in [0.5, 0.6) is 0 Å². The molecule has 2 rings (SSSR count). The molecule has 90 valence electrons. The molecule has 0 bridgehead atoms. The molecule has 0 atom stereocenters. The van der Waals surface area contributed by atoms with Crippen molar-refractivity contribution in [1.29, 1.82) is 0 Å². The zero-order chi connectivity index (χ0) is 12.5. The van der Waals surface area contributed by atoms with E-state index in [9.17, 15) is 8.42 Å². The summed E-state index contributed by atoms with van der Waals surface area (Å²) in [4.78, 5) is 4.64. The van der Waals surface area contributed by atoms with Gasteiger partial charge in [0.25, 0.3) is 0 Å². The third-order valence-corrected chi connectivity index (χ3v) is 4.56. The van der Waals surface area contributed by atoms with Crippen molar-refractivity contribution in [1.82, 2.24) is 4.98 Å². The van der Waals surface area contributed by atoms with E-state index >= 15 is 0 Å². The molecule has 6 heteroatoms. The van der Waals surface area contributed by atoms with Gasteiger partial charge in [0.15, 0.2) is 9.84 Å². The maximum Gasteiger partial charge on any atom is 0.175 e. The lowest BCUT2D eigenvalue weighted by Gasteiger charge is -1.99. The number of aromatic nitrogens is 1. The first-order valence-electron chi connectivity index (χ1n) is 4.81. The minimum atomic E-state index is -3.14. The van der Waals surface area contributed by atoms with Gasteiger partial charge in [-0.2, -0.15) is 0 Å². The van der Waals surface area contributed by atoms with Gasteiger partial charge in [-0.3, -0.25) is 0 Å². The summed E-state index contributed by atoms with van der Waals surface area (Å²) in [5.41, 5.74) is 1.73. The third kappa shape index (κ3) is 2.86. The molecule has 0 amide bonds. The first kappa shape index (κ1) is 12.5. The number of nitrogens with zero attached hydrogens (tertiary/aromatic N) is 1. The second kappa shape index (κ2) is 4.76. The van der Waals surface area contributed by atoms with E-state index in [0.29, 0.717) is 10.8 Å². The lowest BCUT2D eigenvalue weighted by molar-refractivity contribution is 0.602. The fourth-order valence-electron chi connectivity index (χ4n) is 1.35. The lowest BCUT2D eigenvalue weighted by Crippen LogP contribution is -1.96. The lowest BCUT2D eigenvalue weighted by atomic mass is 10.2. The van der Waals surface area contributed by atoms with Crippen LogP contribution < -0.4 is 0 Å². The Hall–Kier alpha value is -0.910. The Balaban J connectivity index is 2.35. The molecule has 1 aromatic heterocycles. The molecule has 0 fully saturated rings. The summed E-state index contributed by atoms with van der Waals surface area (Å²) in [5.74, 6) is 0.387. The Morgan fingerprint density at radius 1 is 1.29 bits per heavy atom. The Morgan fingerprint density at radius 2 is 1.94 bits per heavy atom. The molecule has 0 saturated carbocycles. The van der Waals surface area contributed by atoms with E-state index in [1.165, 1.54) is 17.6 Å². The van der Waals surface area contributed by atoms with Crippen LogP contribution in [0.2, 0.25) is 0 Å². The number of sulfone groups is 1. The summed E-state index contributed by atoms with van der Waals surface area (Å²) in [6, 6.07) is 6.69. The van der Waals surface area contributed by atoms with Crippen molar-refractivity contribution >= 4 is 32.8 Å². The normalized spacial score (nSPS) is 11.6. The molecule has 0 aliphatic carbocycles. The van der Waals surface area contributed by atoms with Gasteiger partial charge in [-0.1, -0.05) is 12.1 Å². The predicted molar refractivity (Wildman–Crippen MR) is 70.2 cm³/mol. The highest BCUT2D eigenvalue weighted by Crippen LogP contribution is 2.25. The molecule has 0 N–H and O–H groups in total. The van der Waals surface area contributed by atoms with Crippen molar-refractivity contribution in [3.05, 3.63) is 35.3 Å². The summed E-state index contributed by atoms with van der Waals surface area (Å²) in [6.45, 7) is 0. The smallest absolute Gasteiger partial charge is 0.175 e. The molecule has 2 aromatic rings. The topological polar surface area (TPSA) is 47.0 Å². The fraction of sp³-hybridized carbons (Fsp3) is 0.182. The van der Waals surface area contributed by atoms with Crippen LogP contribution in [-0.2, 0) is 15.7 Å². The van der Waals surface area contributed by atoms with Gasteiger partial charge in [0.2, 0.25) is 0 Å². The van der Waals surface area contributed by atoms with Gasteiger partial charge in [-0.15, -0.1) is 22.9 Å². The molecule has 0 spiro atoms. The maximum absolute atomic E-state index is 11.3. The van der Waals surface area contributed by atoms with E-state index in [2.05, 4.69) is 4.98 Å². The van der Waals surface area contributed by atoms with Crippen LogP contribution in [0.1, 0.15) is 5.69 Å². The Labute approximate surface area is 109 Å². The van der Waals surface area contributed by atoms with Gasteiger partial charge in [0.05, 0.1) is 16.5 Å². The van der Waals surface area contributed by atoms with Crippen molar-refractivity contribution in [2.45, 2.75) is 10.8 Å². The second-order valence-electron chi connectivity index (χ2n) is 3.57. The third-order valence-electron chi connectivity index (χ3n) is 2.22. The molecule has 0 unspecified atom stereocenters. The Bertz CT molecular complexity index is 617. The Kier molecular flexibility index (Phi) is 3.51. The largest absolute Gasteiger partial charge is 0.240 e. The van der Waals surface area contributed by atoms with Crippen LogP contribution in [0.3, 0.4) is 0 Å². The average Bonchev–Trinajstić information content (AvgIpc) is 2.76. The van der Waals surface area contributed by atoms with Crippen LogP contribution in [0.15, 0.2) is 34.5 Å². The van der Waals surface area contributed by atoms with Crippen LogP contribution in [0.4, 0.5) is 0 Å². The van der Waals surface area contributed by atoms with Crippen molar-refractivity contribution < 1.29 is 8.42 Å². The van der Waals surface area contributed by atoms with Crippen LogP contribution >= 0.6 is 22.9 Å². The first-order chi connectivity index (χ1) is 8.00. The van der Waals surface area contributed by atoms with Crippen LogP contribution in [-0.4, -0.2) is 19.7 Å². The number of hydrogen-bond acceptors (Lipinski definition) is 4. The quantitative estimate of drug-likeness (QED) is 0.816. The average molecular weight is 288 g/mol. The molecular weight excluding hydrogens is 278 g/mol. The molecule has 0 radical (unpaired) electrons. The molecule has 0 aliphatic rings. The van der Waals surface area contributed by atoms with E-state index in [1.807, 2.05) is 5.38 Å². The molecule has 0 saturated heterocycles. The highest BCUT2D eigenvalue weighted by Gasteiger charge is 2.08. The van der Waals surface area contributed by atoms with Gasteiger partial charge in [-0.25, -0.2) is 13.4 Å². The summed E-state index contributed by atoms with van der Waals surface area (Å²) in [7, 11) is -3.14. The van der Waals surface area contributed by atoms with Gasteiger partial charge in [0.1, 0.15) is 5.01 Å². The van der Waals surface area contributed by atoms with Crippen molar-refractivity contribution in [2.75, 3.05) is 6.26 Å². The summed E-state index contributed by atoms with van der Waals surface area (Å²) in [5, 5.41) is 2.74. The van der Waals surface area contributed by atoms with E-state index < -0.39 is 9.84 Å². The zero-order valence-electron chi connectivity index (χ0n) is 9.05. The second-order valence-corrected chi connectivity index (χ2v) is 6.72. The number of hydrogen-bond donors (Lipinski definition) is 0. The molecule has 3 nitrogen and oxygen atoms in total. The molecule has 1 heterocycles. The van der Waals surface area contributed by atoms with E-state index in [1.54, 1.807) is 24.3 Å². The van der Waals surface area contributed by atoms with E-state index in [-0.39, 0.29) is 0 Å².